The van der Waals surface area contributed by atoms with Crippen LogP contribution >= 0.6 is 0 Å². The zero-order chi connectivity index (χ0) is 9.26. The molecule has 2 rings (SSSR count). The molecule has 0 bridgehead atoms. The normalized spacial score (nSPS) is 45.7. The van der Waals surface area contributed by atoms with Gasteiger partial charge in [-0.3, -0.25) is 0 Å². The molecule has 2 unspecified atom stereocenters. The molecular weight excluding hydrogens is 170 g/mol. The van der Waals surface area contributed by atoms with Gasteiger partial charge in [0, 0.05) is 6.04 Å². The molecule has 0 spiro atoms. The Bertz CT molecular complexity index is 158. The highest BCUT2D eigenvalue weighted by atomic mass is 16.5. The van der Waals surface area contributed by atoms with Crippen LogP contribution in [0.1, 0.15) is 19.3 Å². The summed E-state index contributed by atoms with van der Waals surface area (Å²) in [6, 6.07) is 0.166. The third-order valence-corrected chi connectivity index (χ3v) is 2.96. The van der Waals surface area contributed by atoms with Gasteiger partial charge >= 0.3 is 0 Å². The summed E-state index contributed by atoms with van der Waals surface area (Å²) in [6.07, 6.45) is 2.30. The van der Waals surface area contributed by atoms with Gasteiger partial charge in [0.25, 0.3) is 0 Å². The average molecular weight is 187 g/mol. The van der Waals surface area contributed by atoms with E-state index in [9.17, 15) is 10.2 Å². The lowest BCUT2D eigenvalue weighted by Crippen LogP contribution is -2.47. The van der Waals surface area contributed by atoms with Crippen molar-refractivity contribution in [3.05, 3.63) is 0 Å². The summed E-state index contributed by atoms with van der Waals surface area (Å²) >= 11 is 0. The summed E-state index contributed by atoms with van der Waals surface area (Å²) in [7, 11) is 0. The lowest BCUT2D eigenvalue weighted by Gasteiger charge is -2.22. The summed E-state index contributed by atoms with van der Waals surface area (Å²) < 4.78 is 5.12. The molecule has 2 aliphatic rings. The fourth-order valence-corrected chi connectivity index (χ4v) is 2.11. The van der Waals surface area contributed by atoms with Crippen molar-refractivity contribution in [1.82, 2.24) is 5.32 Å². The monoisotopic (exact) mass is 187 g/mol. The van der Waals surface area contributed by atoms with Gasteiger partial charge in [0.1, 0.15) is 0 Å². The minimum absolute atomic E-state index is 0.0118. The zero-order valence-corrected chi connectivity index (χ0v) is 7.65. The molecule has 0 radical (unpaired) electrons. The Kier molecular flexibility index (Phi) is 2.83. The van der Waals surface area contributed by atoms with E-state index in [-0.39, 0.29) is 18.2 Å². The van der Waals surface area contributed by atoms with Crippen LogP contribution in [0.25, 0.3) is 0 Å². The zero-order valence-electron chi connectivity index (χ0n) is 7.65. The minimum atomic E-state index is -0.409. The fourth-order valence-electron chi connectivity index (χ4n) is 2.11. The lowest BCUT2D eigenvalue weighted by molar-refractivity contribution is 0.109. The van der Waals surface area contributed by atoms with Gasteiger partial charge in [-0.15, -0.1) is 0 Å². The van der Waals surface area contributed by atoms with Crippen molar-refractivity contribution in [1.29, 1.82) is 0 Å². The van der Waals surface area contributed by atoms with Gasteiger partial charge in [0.2, 0.25) is 0 Å². The molecule has 4 atom stereocenters. The molecule has 0 aromatic rings. The summed E-state index contributed by atoms with van der Waals surface area (Å²) in [4.78, 5) is 0. The molecule has 76 valence electrons. The van der Waals surface area contributed by atoms with Gasteiger partial charge in [-0.2, -0.15) is 0 Å². The van der Waals surface area contributed by atoms with Crippen molar-refractivity contribution in [3.63, 3.8) is 0 Å². The molecule has 4 nitrogen and oxygen atoms in total. The highest BCUT2D eigenvalue weighted by molar-refractivity contribution is 4.89. The van der Waals surface area contributed by atoms with E-state index in [0.29, 0.717) is 13.2 Å². The Hall–Kier alpha value is -0.160. The van der Waals surface area contributed by atoms with Gasteiger partial charge in [0.15, 0.2) is 0 Å². The number of rotatable bonds is 2. The van der Waals surface area contributed by atoms with Crippen molar-refractivity contribution in [2.24, 2.45) is 0 Å². The molecule has 2 fully saturated rings. The third-order valence-electron chi connectivity index (χ3n) is 2.96. The second-order valence-corrected chi connectivity index (χ2v) is 3.98. The summed E-state index contributed by atoms with van der Waals surface area (Å²) in [5.41, 5.74) is 0. The van der Waals surface area contributed by atoms with Crippen molar-refractivity contribution in [2.75, 3.05) is 13.2 Å². The molecule has 4 heteroatoms. The largest absolute Gasteiger partial charge is 0.392 e. The molecule has 3 N–H and O–H groups in total. The van der Waals surface area contributed by atoms with Crippen molar-refractivity contribution < 1.29 is 14.9 Å². The maximum Gasteiger partial charge on any atom is 0.0948 e. The van der Waals surface area contributed by atoms with Crippen LogP contribution in [0.2, 0.25) is 0 Å². The number of nitrogens with one attached hydrogen (secondary N) is 1. The molecule has 1 heterocycles. The predicted octanol–water partition coefficient (Wildman–Crippen LogP) is -0.751. The maximum absolute atomic E-state index is 9.55. The van der Waals surface area contributed by atoms with Crippen LogP contribution in [0.15, 0.2) is 0 Å². The first kappa shape index (κ1) is 9.40. The van der Waals surface area contributed by atoms with E-state index in [1.165, 1.54) is 0 Å². The SMILES string of the molecule is OC1COCC1N[C@H]1CCC[C@@H]1O. The molecule has 1 saturated carbocycles. The number of hydrogen-bond acceptors (Lipinski definition) is 4. The molecule has 13 heavy (non-hydrogen) atoms. The second kappa shape index (κ2) is 3.92. The molecule has 1 aliphatic carbocycles. The van der Waals surface area contributed by atoms with E-state index in [1.807, 2.05) is 0 Å². The number of hydrogen-bond donors (Lipinski definition) is 3. The predicted molar refractivity (Wildman–Crippen MR) is 47.4 cm³/mol. The van der Waals surface area contributed by atoms with Gasteiger partial charge in [-0.05, 0) is 19.3 Å². The van der Waals surface area contributed by atoms with E-state index in [0.717, 1.165) is 19.3 Å². The Balaban J connectivity index is 1.82. The van der Waals surface area contributed by atoms with Gasteiger partial charge in [0.05, 0.1) is 31.5 Å². The van der Waals surface area contributed by atoms with E-state index in [1.54, 1.807) is 0 Å². The highest BCUT2D eigenvalue weighted by Gasteiger charge is 2.32. The maximum atomic E-state index is 9.55. The number of aliphatic hydroxyl groups is 2. The minimum Gasteiger partial charge on any atom is -0.392 e. The Morgan fingerprint density at radius 1 is 1.00 bits per heavy atom. The van der Waals surface area contributed by atoms with Crippen molar-refractivity contribution in [2.45, 2.75) is 43.6 Å². The van der Waals surface area contributed by atoms with E-state index >= 15 is 0 Å². The molecule has 0 aromatic heterocycles. The molecule has 0 amide bonds. The molecular formula is C9H17NO3. The molecule has 1 aliphatic heterocycles. The van der Waals surface area contributed by atoms with Crippen molar-refractivity contribution in [3.8, 4) is 0 Å². The second-order valence-electron chi connectivity index (χ2n) is 3.98. The first-order valence-electron chi connectivity index (χ1n) is 4.97. The van der Waals surface area contributed by atoms with Crippen LogP contribution in [0.4, 0.5) is 0 Å². The smallest absolute Gasteiger partial charge is 0.0948 e. The third kappa shape index (κ3) is 2.02. The van der Waals surface area contributed by atoms with E-state index in [2.05, 4.69) is 5.32 Å². The topological polar surface area (TPSA) is 61.7 Å². The Morgan fingerprint density at radius 3 is 2.38 bits per heavy atom. The summed E-state index contributed by atoms with van der Waals surface area (Å²) in [5.74, 6) is 0. The van der Waals surface area contributed by atoms with Crippen LogP contribution in [0.5, 0.6) is 0 Å². The summed E-state index contributed by atoms with van der Waals surface area (Å²) in [5, 5.41) is 22.3. The highest BCUT2D eigenvalue weighted by Crippen LogP contribution is 2.20. The van der Waals surface area contributed by atoms with Crippen LogP contribution < -0.4 is 5.32 Å². The van der Waals surface area contributed by atoms with Crippen LogP contribution in [0.3, 0.4) is 0 Å². The standard InChI is InChI=1S/C9H17NO3/c11-8-3-1-2-6(8)10-7-4-13-5-9(7)12/h6-12H,1-5H2/t6-,7?,8-,9?/m0/s1. The molecule has 0 aromatic carbocycles. The fraction of sp³-hybridized carbons (Fsp3) is 1.00. The lowest BCUT2D eigenvalue weighted by atomic mass is 10.1. The number of ether oxygens (including phenoxy) is 1. The quantitative estimate of drug-likeness (QED) is 0.532. The number of aliphatic hydroxyl groups excluding tert-OH is 2. The van der Waals surface area contributed by atoms with Gasteiger partial charge < -0.3 is 20.3 Å². The van der Waals surface area contributed by atoms with Crippen LogP contribution in [-0.2, 0) is 4.74 Å². The Morgan fingerprint density at radius 2 is 1.85 bits per heavy atom. The van der Waals surface area contributed by atoms with E-state index < -0.39 is 6.10 Å². The Labute approximate surface area is 77.9 Å². The van der Waals surface area contributed by atoms with Gasteiger partial charge in [-0.1, -0.05) is 0 Å². The molecule has 1 saturated heterocycles. The van der Waals surface area contributed by atoms with Crippen molar-refractivity contribution >= 4 is 0 Å². The summed E-state index contributed by atoms with van der Waals surface area (Å²) in [6.45, 7) is 0.977. The average Bonchev–Trinajstić information content (AvgIpc) is 2.65. The first-order chi connectivity index (χ1) is 6.27. The van der Waals surface area contributed by atoms with Crippen LogP contribution in [-0.4, -0.2) is 47.7 Å². The van der Waals surface area contributed by atoms with Crippen LogP contribution in [0, 0.1) is 0 Å². The van der Waals surface area contributed by atoms with Gasteiger partial charge in [-0.25, -0.2) is 0 Å². The van der Waals surface area contributed by atoms with E-state index in [4.69, 9.17) is 4.74 Å². The first-order valence-corrected chi connectivity index (χ1v) is 4.97.